The number of ether oxygens (including phenoxy) is 1. The Morgan fingerprint density at radius 1 is 1.44 bits per heavy atom. The minimum Gasteiger partial charge on any atom is -0.378 e. The summed E-state index contributed by atoms with van der Waals surface area (Å²) >= 11 is 3.69. The van der Waals surface area contributed by atoms with Crippen molar-refractivity contribution in [1.82, 2.24) is 14.7 Å². The molecule has 0 bridgehead atoms. The van der Waals surface area contributed by atoms with Gasteiger partial charge in [0.1, 0.15) is 0 Å². The maximum Gasteiger partial charge on any atom is 0.0767 e. The van der Waals surface area contributed by atoms with Crippen molar-refractivity contribution in [3.8, 4) is 0 Å². The molecule has 1 aromatic rings. The van der Waals surface area contributed by atoms with E-state index >= 15 is 0 Å². The minimum absolute atomic E-state index is 0.533. The molecule has 0 radical (unpaired) electrons. The third-order valence-corrected chi connectivity index (χ3v) is 4.59. The normalized spacial score (nSPS) is 21.4. The van der Waals surface area contributed by atoms with Gasteiger partial charge in [-0.1, -0.05) is 13.8 Å². The Morgan fingerprint density at radius 3 is 2.83 bits per heavy atom. The smallest absolute Gasteiger partial charge is 0.0767 e. The van der Waals surface area contributed by atoms with E-state index in [9.17, 15) is 0 Å². The van der Waals surface area contributed by atoms with Gasteiger partial charge in [0.15, 0.2) is 0 Å². The third-order valence-electron chi connectivity index (χ3n) is 3.68. The van der Waals surface area contributed by atoms with Gasteiger partial charge in [0.2, 0.25) is 0 Å². The molecule has 0 aliphatic carbocycles. The Hall–Kier alpha value is -0.390. The van der Waals surface area contributed by atoms with E-state index in [-0.39, 0.29) is 0 Å². The number of hydrogen-bond donors (Lipinski definition) is 0. The molecule has 1 unspecified atom stereocenters. The molecule has 1 aromatic heterocycles. The average Bonchev–Trinajstić information content (AvgIpc) is 2.66. The fraction of sp³-hybridized carbons (Fsp3) is 0.769. The highest BCUT2D eigenvalue weighted by atomic mass is 79.9. The number of morpholine rings is 1. The standard InChI is InChI=1S/C13H22BrN3O/c1-4-10-9-18-7-6-17(10)8-12-13(14)11(5-2)15-16(12)3/h10H,4-9H2,1-3H3. The predicted molar refractivity (Wildman–Crippen MR) is 75.6 cm³/mol. The Labute approximate surface area is 117 Å². The summed E-state index contributed by atoms with van der Waals surface area (Å²) in [7, 11) is 2.03. The van der Waals surface area contributed by atoms with E-state index in [2.05, 4.69) is 39.8 Å². The maximum absolute atomic E-state index is 5.55. The number of aromatic nitrogens is 2. The fourth-order valence-corrected chi connectivity index (χ4v) is 3.20. The number of aryl methyl sites for hydroxylation is 2. The molecule has 1 atom stereocenters. The largest absolute Gasteiger partial charge is 0.378 e. The van der Waals surface area contributed by atoms with Crippen LogP contribution in [0, 0.1) is 0 Å². The summed E-state index contributed by atoms with van der Waals surface area (Å²) in [5.74, 6) is 0. The van der Waals surface area contributed by atoms with Crippen LogP contribution in [0.1, 0.15) is 31.7 Å². The summed E-state index contributed by atoms with van der Waals surface area (Å²) in [4.78, 5) is 2.50. The number of rotatable bonds is 4. The zero-order chi connectivity index (χ0) is 13.1. The Balaban J connectivity index is 2.15. The molecule has 4 nitrogen and oxygen atoms in total. The lowest BCUT2D eigenvalue weighted by atomic mass is 10.1. The lowest BCUT2D eigenvalue weighted by Gasteiger charge is -2.35. The van der Waals surface area contributed by atoms with E-state index in [1.54, 1.807) is 0 Å². The molecule has 2 rings (SSSR count). The van der Waals surface area contributed by atoms with Crippen molar-refractivity contribution in [1.29, 1.82) is 0 Å². The molecule has 1 fully saturated rings. The number of hydrogen-bond acceptors (Lipinski definition) is 3. The first-order valence-electron chi connectivity index (χ1n) is 6.69. The monoisotopic (exact) mass is 315 g/mol. The molecule has 0 amide bonds. The Morgan fingerprint density at radius 2 is 2.22 bits per heavy atom. The first-order valence-corrected chi connectivity index (χ1v) is 7.48. The molecule has 1 aliphatic rings. The van der Waals surface area contributed by atoms with Crippen molar-refractivity contribution < 1.29 is 4.74 Å². The molecule has 1 saturated heterocycles. The SMILES string of the molecule is CCc1nn(C)c(CN2CCOCC2CC)c1Br. The summed E-state index contributed by atoms with van der Waals surface area (Å²) in [6.45, 7) is 8.02. The second-order valence-corrected chi connectivity index (χ2v) is 5.58. The molecule has 0 saturated carbocycles. The van der Waals surface area contributed by atoms with Crippen LogP contribution in [0.25, 0.3) is 0 Å². The van der Waals surface area contributed by atoms with Crippen molar-refractivity contribution in [3.05, 3.63) is 15.9 Å². The lowest BCUT2D eigenvalue weighted by Crippen LogP contribution is -2.44. The quantitative estimate of drug-likeness (QED) is 0.854. The van der Waals surface area contributed by atoms with Gasteiger partial charge >= 0.3 is 0 Å². The van der Waals surface area contributed by atoms with Crippen molar-refractivity contribution in [3.63, 3.8) is 0 Å². The van der Waals surface area contributed by atoms with Crippen LogP contribution in [0.3, 0.4) is 0 Å². The number of nitrogens with zero attached hydrogens (tertiary/aromatic N) is 3. The summed E-state index contributed by atoms with van der Waals surface area (Å²) in [5, 5.41) is 4.56. The van der Waals surface area contributed by atoms with Gasteiger partial charge < -0.3 is 4.74 Å². The summed E-state index contributed by atoms with van der Waals surface area (Å²) in [6.07, 6.45) is 2.10. The maximum atomic E-state index is 5.55. The summed E-state index contributed by atoms with van der Waals surface area (Å²) in [5.41, 5.74) is 2.42. The van der Waals surface area contributed by atoms with Crippen molar-refractivity contribution in [2.75, 3.05) is 19.8 Å². The van der Waals surface area contributed by atoms with Crippen LogP contribution in [0.15, 0.2) is 4.47 Å². The Bertz CT molecular complexity index is 405. The van der Waals surface area contributed by atoms with Crippen LogP contribution in [0.4, 0.5) is 0 Å². The first kappa shape index (κ1) is 14.0. The van der Waals surface area contributed by atoms with Crippen molar-refractivity contribution in [2.24, 2.45) is 7.05 Å². The first-order chi connectivity index (χ1) is 8.67. The van der Waals surface area contributed by atoms with Crippen LogP contribution in [0.5, 0.6) is 0 Å². The van der Waals surface area contributed by atoms with Gasteiger partial charge in [-0.25, -0.2) is 0 Å². The topological polar surface area (TPSA) is 30.3 Å². The summed E-state index contributed by atoms with van der Waals surface area (Å²) in [6, 6.07) is 0.533. The van der Waals surface area contributed by atoms with E-state index < -0.39 is 0 Å². The second kappa shape index (κ2) is 6.17. The van der Waals surface area contributed by atoms with E-state index in [0.29, 0.717) is 6.04 Å². The number of halogens is 1. The van der Waals surface area contributed by atoms with Gasteiger partial charge in [0.25, 0.3) is 0 Å². The molecule has 2 heterocycles. The highest BCUT2D eigenvalue weighted by Crippen LogP contribution is 2.24. The van der Waals surface area contributed by atoms with Gasteiger partial charge in [-0.3, -0.25) is 9.58 Å². The minimum atomic E-state index is 0.533. The van der Waals surface area contributed by atoms with E-state index in [1.165, 1.54) is 10.2 Å². The summed E-state index contributed by atoms with van der Waals surface area (Å²) < 4.78 is 8.73. The molecule has 18 heavy (non-hydrogen) atoms. The lowest BCUT2D eigenvalue weighted by molar-refractivity contribution is -0.0138. The van der Waals surface area contributed by atoms with Gasteiger partial charge in [-0.15, -0.1) is 0 Å². The van der Waals surface area contributed by atoms with Gasteiger partial charge in [0, 0.05) is 26.2 Å². The van der Waals surface area contributed by atoms with Gasteiger partial charge in [-0.2, -0.15) is 5.10 Å². The molecule has 102 valence electrons. The van der Waals surface area contributed by atoms with Crippen LogP contribution in [-0.2, 0) is 24.8 Å². The van der Waals surface area contributed by atoms with Gasteiger partial charge in [-0.05, 0) is 28.8 Å². The van der Waals surface area contributed by atoms with E-state index in [0.717, 1.165) is 44.8 Å². The second-order valence-electron chi connectivity index (χ2n) is 4.79. The van der Waals surface area contributed by atoms with Crippen molar-refractivity contribution in [2.45, 2.75) is 39.3 Å². The molecule has 0 spiro atoms. The predicted octanol–water partition coefficient (Wildman–Crippen LogP) is 2.36. The van der Waals surface area contributed by atoms with Crippen LogP contribution < -0.4 is 0 Å². The fourth-order valence-electron chi connectivity index (χ4n) is 2.46. The van der Waals surface area contributed by atoms with Crippen molar-refractivity contribution >= 4 is 15.9 Å². The zero-order valence-corrected chi connectivity index (χ0v) is 13.0. The average molecular weight is 316 g/mol. The Kier molecular flexibility index (Phi) is 4.81. The van der Waals surface area contributed by atoms with Crippen LogP contribution >= 0.6 is 15.9 Å². The highest BCUT2D eigenvalue weighted by Gasteiger charge is 2.24. The van der Waals surface area contributed by atoms with E-state index in [4.69, 9.17) is 4.74 Å². The van der Waals surface area contributed by atoms with Gasteiger partial charge in [0.05, 0.1) is 29.1 Å². The molecular weight excluding hydrogens is 294 g/mol. The van der Waals surface area contributed by atoms with E-state index in [1.807, 2.05) is 11.7 Å². The molecular formula is C13H22BrN3O. The third kappa shape index (κ3) is 2.78. The van der Waals surface area contributed by atoms with Crippen LogP contribution in [-0.4, -0.2) is 40.5 Å². The molecule has 5 heteroatoms. The van der Waals surface area contributed by atoms with Crippen LogP contribution in [0.2, 0.25) is 0 Å². The molecule has 0 N–H and O–H groups in total. The highest BCUT2D eigenvalue weighted by molar-refractivity contribution is 9.10. The molecule has 0 aromatic carbocycles. The zero-order valence-electron chi connectivity index (χ0n) is 11.4. The molecule has 1 aliphatic heterocycles.